The van der Waals surface area contributed by atoms with E-state index in [9.17, 15) is 9.59 Å². The van der Waals surface area contributed by atoms with Crippen molar-refractivity contribution in [3.63, 3.8) is 0 Å². The molecule has 0 aromatic carbocycles. The van der Waals surface area contributed by atoms with E-state index in [4.69, 9.17) is 9.84 Å². The van der Waals surface area contributed by atoms with Crippen molar-refractivity contribution in [1.82, 2.24) is 0 Å². The second kappa shape index (κ2) is 7.26. The van der Waals surface area contributed by atoms with Crippen molar-refractivity contribution in [3.05, 3.63) is 0 Å². The molecule has 0 amide bonds. The molecule has 0 spiro atoms. The normalized spacial score (nSPS) is 14.3. The molecule has 0 fully saturated rings. The molecule has 0 unspecified atom stereocenters. The summed E-state index contributed by atoms with van der Waals surface area (Å²) >= 11 is 0. The molecule has 0 bridgehead atoms. The van der Waals surface area contributed by atoms with Gasteiger partial charge in [0.1, 0.15) is 0 Å². The molecule has 1 N–H and O–H groups in total. The molecular weight excluding hydrogens is 196 g/mol. The summed E-state index contributed by atoms with van der Waals surface area (Å²) in [5.74, 6) is -0.996. The zero-order chi connectivity index (χ0) is 11.8. The van der Waals surface area contributed by atoms with E-state index in [2.05, 4.69) is 0 Å². The quantitative estimate of drug-likeness (QED) is 0.662. The first kappa shape index (κ1) is 13.9. The Labute approximate surface area is 90.6 Å². The van der Waals surface area contributed by atoms with E-state index in [-0.39, 0.29) is 11.9 Å². The fraction of sp³-hybridized carbons (Fsp3) is 0.818. The standard InChI is InChI=1S/C11H20O4/c1-8(7-15-10(3)12)5-4-6-9(2)11(13)14/h8-9H,4-7H2,1-3H3,(H,13,14)/t8-,9+/m0/s1. The van der Waals surface area contributed by atoms with E-state index in [1.165, 1.54) is 6.92 Å². The largest absolute Gasteiger partial charge is 0.481 e. The van der Waals surface area contributed by atoms with E-state index in [0.717, 1.165) is 12.8 Å². The van der Waals surface area contributed by atoms with E-state index < -0.39 is 5.97 Å². The zero-order valence-electron chi connectivity index (χ0n) is 9.66. The molecule has 4 heteroatoms. The van der Waals surface area contributed by atoms with Crippen LogP contribution in [0.4, 0.5) is 0 Å². The molecule has 0 aliphatic heterocycles. The maximum atomic E-state index is 10.5. The second-order valence-electron chi connectivity index (χ2n) is 4.08. The molecule has 2 atom stereocenters. The highest BCUT2D eigenvalue weighted by atomic mass is 16.5. The van der Waals surface area contributed by atoms with Gasteiger partial charge in [0.05, 0.1) is 12.5 Å². The van der Waals surface area contributed by atoms with Gasteiger partial charge in [0.25, 0.3) is 0 Å². The second-order valence-corrected chi connectivity index (χ2v) is 4.08. The Morgan fingerprint density at radius 3 is 2.33 bits per heavy atom. The highest BCUT2D eigenvalue weighted by molar-refractivity contribution is 5.69. The maximum absolute atomic E-state index is 10.5. The van der Waals surface area contributed by atoms with Crippen LogP contribution in [0, 0.1) is 11.8 Å². The highest BCUT2D eigenvalue weighted by Gasteiger charge is 2.11. The molecule has 0 aromatic heterocycles. The Bertz CT molecular complexity index is 213. The number of rotatable bonds is 7. The molecule has 0 rings (SSSR count). The topological polar surface area (TPSA) is 63.6 Å². The van der Waals surface area contributed by atoms with Gasteiger partial charge in [-0.1, -0.05) is 20.3 Å². The van der Waals surface area contributed by atoms with Crippen molar-refractivity contribution < 1.29 is 19.4 Å². The maximum Gasteiger partial charge on any atom is 0.306 e. The number of aliphatic carboxylic acids is 1. The van der Waals surface area contributed by atoms with Crippen LogP contribution in [0.25, 0.3) is 0 Å². The van der Waals surface area contributed by atoms with Crippen LogP contribution in [0.5, 0.6) is 0 Å². The van der Waals surface area contributed by atoms with Gasteiger partial charge in [-0.2, -0.15) is 0 Å². The molecule has 0 aromatic rings. The minimum absolute atomic E-state index is 0.263. The first-order valence-electron chi connectivity index (χ1n) is 5.29. The van der Waals surface area contributed by atoms with Gasteiger partial charge in [-0.15, -0.1) is 0 Å². The van der Waals surface area contributed by atoms with Gasteiger partial charge < -0.3 is 9.84 Å². The lowest BCUT2D eigenvalue weighted by Gasteiger charge is -2.11. The minimum atomic E-state index is -0.748. The van der Waals surface area contributed by atoms with Crippen LogP contribution >= 0.6 is 0 Å². The molecule has 0 heterocycles. The van der Waals surface area contributed by atoms with Crippen LogP contribution in [0.3, 0.4) is 0 Å². The number of esters is 1. The first-order valence-corrected chi connectivity index (χ1v) is 5.29. The summed E-state index contributed by atoms with van der Waals surface area (Å²) in [6, 6.07) is 0. The van der Waals surface area contributed by atoms with Crippen LogP contribution in [0.2, 0.25) is 0 Å². The van der Waals surface area contributed by atoms with Gasteiger partial charge in [0.2, 0.25) is 0 Å². The predicted molar refractivity (Wildman–Crippen MR) is 56.4 cm³/mol. The summed E-state index contributed by atoms with van der Waals surface area (Å²) in [5.41, 5.74) is 0. The molecule has 15 heavy (non-hydrogen) atoms. The third-order valence-electron chi connectivity index (χ3n) is 2.33. The number of carbonyl (C=O) groups is 2. The summed E-state index contributed by atoms with van der Waals surface area (Å²) in [6.07, 6.45) is 2.43. The van der Waals surface area contributed by atoms with Crippen molar-refractivity contribution >= 4 is 11.9 Å². The van der Waals surface area contributed by atoms with Crippen molar-refractivity contribution in [2.24, 2.45) is 11.8 Å². The molecule has 0 aliphatic carbocycles. The lowest BCUT2D eigenvalue weighted by Crippen LogP contribution is -2.12. The highest BCUT2D eigenvalue weighted by Crippen LogP contribution is 2.13. The fourth-order valence-electron chi connectivity index (χ4n) is 1.24. The minimum Gasteiger partial charge on any atom is -0.481 e. The van der Waals surface area contributed by atoms with Gasteiger partial charge in [0, 0.05) is 6.92 Å². The van der Waals surface area contributed by atoms with Gasteiger partial charge in [-0.3, -0.25) is 9.59 Å². The number of carboxylic acids is 1. The van der Waals surface area contributed by atoms with Crippen LogP contribution in [0.15, 0.2) is 0 Å². The van der Waals surface area contributed by atoms with Crippen LogP contribution in [-0.2, 0) is 14.3 Å². The monoisotopic (exact) mass is 216 g/mol. The summed E-state index contributed by atoms with van der Waals surface area (Å²) < 4.78 is 4.85. The van der Waals surface area contributed by atoms with Gasteiger partial charge >= 0.3 is 11.9 Å². The number of carboxylic acid groups (broad SMARTS) is 1. The van der Waals surface area contributed by atoms with Crippen LogP contribution in [-0.4, -0.2) is 23.7 Å². The van der Waals surface area contributed by atoms with Crippen LogP contribution in [0.1, 0.15) is 40.0 Å². The third kappa shape index (κ3) is 7.97. The number of carbonyl (C=O) groups excluding carboxylic acids is 1. The Hall–Kier alpha value is -1.06. The van der Waals surface area contributed by atoms with Crippen molar-refractivity contribution in [3.8, 4) is 0 Å². The third-order valence-corrected chi connectivity index (χ3v) is 2.33. The Kier molecular flexibility index (Phi) is 6.75. The van der Waals surface area contributed by atoms with Crippen molar-refractivity contribution in [2.75, 3.05) is 6.61 Å². The fourth-order valence-corrected chi connectivity index (χ4v) is 1.24. The Morgan fingerprint density at radius 2 is 1.87 bits per heavy atom. The molecular formula is C11H20O4. The summed E-state index contributed by atoms with van der Waals surface area (Å²) in [6.45, 7) is 5.52. The van der Waals surface area contributed by atoms with E-state index in [1.807, 2.05) is 6.92 Å². The lowest BCUT2D eigenvalue weighted by atomic mass is 9.99. The average Bonchev–Trinajstić information content (AvgIpc) is 2.14. The molecule has 0 saturated carbocycles. The lowest BCUT2D eigenvalue weighted by molar-refractivity contribution is -0.142. The van der Waals surface area contributed by atoms with E-state index in [1.54, 1.807) is 6.92 Å². The van der Waals surface area contributed by atoms with E-state index >= 15 is 0 Å². The predicted octanol–water partition coefficient (Wildman–Crippen LogP) is 2.08. The molecule has 88 valence electrons. The van der Waals surface area contributed by atoms with Crippen molar-refractivity contribution in [2.45, 2.75) is 40.0 Å². The van der Waals surface area contributed by atoms with Gasteiger partial charge in [-0.05, 0) is 18.8 Å². The average molecular weight is 216 g/mol. The van der Waals surface area contributed by atoms with Crippen LogP contribution < -0.4 is 0 Å². The first-order chi connectivity index (χ1) is 6.93. The summed E-state index contributed by atoms with van der Waals surface area (Å²) in [4.78, 5) is 21.0. The number of ether oxygens (including phenoxy) is 1. The molecule has 0 radical (unpaired) electrons. The summed E-state index contributed by atoms with van der Waals surface area (Å²) in [7, 11) is 0. The smallest absolute Gasteiger partial charge is 0.306 e. The van der Waals surface area contributed by atoms with Gasteiger partial charge in [-0.25, -0.2) is 0 Å². The molecule has 0 saturated heterocycles. The SMILES string of the molecule is CC(=O)OC[C@@H](C)CCC[C@@H](C)C(=O)O. The molecule has 0 aliphatic rings. The Morgan fingerprint density at radius 1 is 1.27 bits per heavy atom. The number of hydrogen-bond donors (Lipinski definition) is 1. The zero-order valence-corrected chi connectivity index (χ0v) is 9.66. The Balaban J connectivity index is 3.50. The number of hydrogen-bond acceptors (Lipinski definition) is 3. The molecule has 4 nitrogen and oxygen atoms in total. The summed E-state index contributed by atoms with van der Waals surface area (Å²) in [5, 5.41) is 8.65. The van der Waals surface area contributed by atoms with Crippen molar-refractivity contribution in [1.29, 1.82) is 0 Å². The van der Waals surface area contributed by atoms with E-state index in [0.29, 0.717) is 18.9 Å². The van der Waals surface area contributed by atoms with Gasteiger partial charge in [0.15, 0.2) is 0 Å².